The number of amides is 1. The van der Waals surface area contributed by atoms with Crippen LogP contribution < -0.4 is 10.6 Å². The van der Waals surface area contributed by atoms with E-state index in [1.165, 1.54) is 12.1 Å². The number of hydrogen-bond acceptors (Lipinski definition) is 2. The van der Waals surface area contributed by atoms with Gasteiger partial charge in [0.15, 0.2) is 0 Å². The first-order chi connectivity index (χ1) is 8.47. The molecule has 1 fully saturated rings. The Hall–Kier alpha value is -1.56. The zero-order valence-corrected chi connectivity index (χ0v) is 9.55. The third-order valence-electron chi connectivity index (χ3n) is 2.87. The van der Waals surface area contributed by atoms with E-state index < -0.39 is 11.7 Å². The molecule has 0 aromatic heterocycles. The number of nitrogens with one attached hydrogen (secondary N) is 2. The highest BCUT2D eigenvalue weighted by Gasteiger charge is 2.30. The quantitative estimate of drug-likeness (QED) is 0.807. The number of alkyl halides is 3. The maximum absolute atomic E-state index is 12.4. The summed E-state index contributed by atoms with van der Waals surface area (Å²) in [5.74, 6) is -0.0927. The fourth-order valence-electron chi connectivity index (χ4n) is 1.92. The average molecular weight is 258 g/mol. The fourth-order valence-corrected chi connectivity index (χ4v) is 1.92. The highest BCUT2D eigenvalue weighted by Crippen LogP contribution is 2.30. The molecule has 0 spiro atoms. The Bertz CT molecular complexity index is 428. The molecule has 2 rings (SSSR count). The normalized spacial score (nSPS) is 21.3. The molecular weight excluding hydrogens is 245 g/mol. The number of carbonyl (C=O) groups is 1. The molecule has 1 aliphatic heterocycles. The van der Waals surface area contributed by atoms with Crippen molar-refractivity contribution in [3.05, 3.63) is 35.4 Å². The number of hydrogen-bond donors (Lipinski definition) is 2. The van der Waals surface area contributed by atoms with Gasteiger partial charge in [-0.1, -0.05) is 12.1 Å². The van der Waals surface area contributed by atoms with E-state index in [0.717, 1.165) is 12.1 Å². The number of benzene rings is 1. The lowest BCUT2D eigenvalue weighted by molar-refractivity contribution is -0.137. The van der Waals surface area contributed by atoms with Crippen LogP contribution in [0.25, 0.3) is 0 Å². The molecule has 18 heavy (non-hydrogen) atoms. The Morgan fingerprint density at radius 2 is 1.78 bits per heavy atom. The zero-order chi connectivity index (χ0) is 13.2. The van der Waals surface area contributed by atoms with Crippen LogP contribution in [0.15, 0.2) is 24.3 Å². The molecule has 0 radical (unpaired) electrons. The monoisotopic (exact) mass is 258 g/mol. The van der Waals surface area contributed by atoms with E-state index in [-0.39, 0.29) is 18.4 Å². The van der Waals surface area contributed by atoms with E-state index in [1.54, 1.807) is 0 Å². The second-order valence-electron chi connectivity index (χ2n) is 4.18. The van der Waals surface area contributed by atoms with Gasteiger partial charge in [-0.05, 0) is 17.7 Å². The van der Waals surface area contributed by atoms with Gasteiger partial charge in [-0.25, -0.2) is 0 Å². The molecule has 1 amide bonds. The second kappa shape index (κ2) is 4.97. The summed E-state index contributed by atoms with van der Waals surface area (Å²) < 4.78 is 37.2. The fraction of sp³-hybridized carbons (Fsp3) is 0.417. The maximum atomic E-state index is 12.4. The van der Waals surface area contributed by atoms with E-state index in [9.17, 15) is 18.0 Å². The molecule has 98 valence electrons. The first-order valence-corrected chi connectivity index (χ1v) is 5.64. The van der Waals surface area contributed by atoms with E-state index in [4.69, 9.17) is 0 Å². The Morgan fingerprint density at radius 3 is 2.39 bits per heavy atom. The van der Waals surface area contributed by atoms with Crippen LogP contribution >= 0.6 is 0 Å². The number of carbonyl (C=O) groups excluding carboxylic acids is 1. The smallest absolute Gasteiger partial charge is 0.355 e. The highest BCUT2D eigenvalue weighted by molar-refractivity contribution is 5.77. The molecule has 1 aromatic carbocycles. The third kappa shape index (κ3) is 3.01. The van der Waals surface area contributed by atoms with Crippen molar-refractivity contribution in [2.45, 2.75) is 18.6 Å². The molecular formula is C12H13F3N2O. The lowest BCUT2D eigenvalue weighted by Gasteiger charge is -2.15. The van der Waals surface area contributed by atoms with Crippen LogP contribution in [0.4, 0.5) is 13.2 Å². The number of halogens is 3. The van der Waals surface area contributed by atoms with Crippen molar-refractivity contribution in [2.75, 3.05) is 13.1 Å². The Kier molecular flexibility index (Phi) is 3.56. The van der Waals surface area contributed by atoms with Crippen LogP contribution in [-0.4, -0.2) is 19.0 Å². The molecule has 3 nitrogen and oxygen atoms in total. The van der Waals surface area contributed by atoms with Crippen LogP contribution in [0.5, 0.6) is 0 Å². The van der Waals surface area contributed by atoms with Crippen LogP contribution in [0.1, 0.15) is 23.6 Å². The minimum Gasteiger partial charge on any atom is -0.355 e. The molecule has 1 aromatic rings. The van der Waals surface area contributed by atoms with E-state index in [2.05, 4.69) is 10.6 Å². The van der Waals surface area contributed by atoms with Gasteiger partial charge in [-0.3, -0.25) is 4.79 Å². The summed E-state index contributed by atoms with van der Waals surface area (Å²) in [4.78, 5) is 11.4. The lowest BCUT2D eigenvalue weighted by Crippen LogP contribution is -2.24. The van der Waals surface area contributed by atoms with E-state index in [1.807, 2.05) is 0 Å². The number of rotatable bonds is 1. The van der Waals surface area contributed by atoms with Crippen molar-refractivity contribution in [1.29, 1.82) is 0 Å². The summed E-state index contributed by atoms with van der Waals surface area (Å²) >= 11 is 0. The van der Waals surface area contributed by atoms with Crippen LogP contribution in [0, 0.1) is 0 Å². The van der Waals surface area contributed by atoms with Gasteiger partial charge in [-0.2, -0.15) is 13.2 Å². The molecule has 1 unspecified atom stereocenters. The Morgan fingerprint density at radius 1 is 1.11 bits per heavy atom. The molecule has 1 aliphatic rings. The minimum absolute atomic E-state index is 0.0927. The van der Waals surface area contributed by atoms with E-state index in [0.29, 0.717) is 18.7 Å². The summed E-state index contributed by atoms with van der Waals surface area (Å²) in [5.41, 5.74) is 0.0179. The summed E-state index contributed by atoms with van der Waals surface area (Å²) in [7, 11) is 0. The van der Waals surface area contributed by atoms with Crippen LogP contribution in [0.3, 0.4) is 0 Å². The second-order valence-corrected chi connectivity index (χ2v) is 4.18. The topological polar surface area (TPSA) is 41.1 Å². The van der Waals surface area contributed by atoms with Crippen molar-refractivity contribution in [3.63, 3.8) is 0 Å². The standard InChI is InChI=1S/C12H13F3N2O/c13-12(14,15)9-3-1-8(2-4-9)10-7-11(18)17-6-5-16-10/h1-4,10,16H,5-7H2,(H,17,18). The van der Waals surface area contributed by atoms with Gasteiger partial charge in [-0.15, -0.1) is 0 Å². The molecule has 1 heterocycles. The van der Waals surface area contributed by atoms with Gasteiger partial charge in [0.25, 0.3) is 0 Å². The molecule has 0 saturated carbocycles. The molecule has 2 N–H and O–H groups in total. The Labute approximate surface area is 102 Å². The SMILES string of the molecule is O=C1CC(c2ccc(C(F)(F)F)cc2)NCCN1. The third-order valence-corrected chi connectivity index (χ3v) is 2.87. The van der Waals surface area contributed by atoms with Gasteiger partial charge in [0.2, 0.25) is 5.91 Å². The largest absolute Gasteiger partial charge is 0.416 e. The highest BCUT2D eigenvalue weighted by atomic mass is 19.4. The van der Waals surface area contributed by atoms with Gasteiger partial charge in [0.1, 0.15) is 0 Å². The molecule has 1 saturated heterocycles. The van der Waals surface area contributed by atoms with Gasteiger partial charge in [0, 0.05) is 25.6 Å². The van der Waals surface area contributed by atoms with Gasteiger partial charge in [0.05, 0.1) is 5.56 Å². The summed E-state index contributed by atoms with van der Waals surface area (Å²) in [6, 6.07) is 4.69. The van der Waals surface area contributed by atoms with Gasteiger partial charge < -0.3 is 10.6 Å². The van der Waals surface area contributed by atoms with Crippen molar-refractivity contribution >= 4 is 5.91 Å². The molecule has 0 bridgehead atoms. The van der Waals surface area contributed by atoms with Crippen molar-refractivity contribution in [3.8, 4) is 0 Å². The predicted molar refractivity (Wildman–Crippen MR) is 59.8 cm³/mol. The zero-order valence-electron chi connectivity index (χ0n) is 9.55. The summed E-state index contributed by atoms with van der Waals surface area (Å²) in [6.45, 7) is 1.15. The van der Waals surface area contributed by atoms with Crippen LogP contribution in [-0.2, 0) is 11.0 Å². The maximum Gasteiger partial charge on any atom is 0.416 e. The van der Waals surface area contributed by atoms with Crippen molar-refractivity contribution < 1.29 is 18.0 Å². The molecule has 6 heteroatoms. The predicted octanol–water partition coefficient (Wildman–Crippen LogP) is 1.86. The summed E-state index contributed by atoms with van der Waals surface area (Å²) in [6.07, 6.45) is -4.09. The first kappa shape index (κ1) is 12.9. The van der Waals surface area contributed by atoms with Gasteiger partial charge >= 0.3 is 6.18 Å². The van der Waals surface area contributed by atoms with E-state index >= 15 is 0 Å². The van der Waals surface area contributed by atoms with Crippen LogP contribution in [0.2, 0.25) is 0 Å². The average Bonchev–Trinajstić information content (AvgIpc) is 2.53. The first-order valence-electron chi connectivity index (χ1n) is 5.64. The van der Waals surface area contributed by atoms with Crippen molar-refractivity contribution in [1.82, 2.24) is 10.6 Å². The molecule has 1 atom stereocenters. The minimum atomic E-state index is -4.33. The Balaban J connectivity index is 2.16. The summed E-state index contributed by atoms with van der Waals surface area (Å²) in [5, 5.41) is 5.82. The molecule has 0 aliphatic carbocycles. The lowest BCUT2D eigenvalue weighted by atomic mass is 10.0. The van der Waals surface area contributed by atoms with Crippen molar-refractivity contribution in [2.24, 2.45) is 0 Å².